The number of para-hydroxylation sites is 2. The molecule has 0 aromatic heterocycles. The van der Waals surface area contributed by atoms with Gasteiger partial charge in [0.05, 0.1) is 10.8 Å². The summed E-state index contributed by atoms with van der Waals surface area (Å²) in [5, 5.41) is 0. The molecule has 2 aliphatic carbocycles. The van der Waals surface area contributed by atoms with Crippen molar-refractivity contribution >= 4 is 46.3 Å². The second-order valence-electron chi connectivity index (χ2n) is 25.1. The summed E-state index contributed by atoms with van der Waals surface area (Å²) in [6.45, 7) is 7.67. The molecule has 0 fully saturated rings. The first-order chi connectivity index (χ1) is 49.7. The average Bonchev–Trinajstić information content (AvgIpc) is 1.53. The Hall–Kier alpha value is -12.8. The predicted octanol–water partition coefficient (Wildman–Crippen LogP) is 25.0. The molecule has 2 aliphatic rings. The molecular formula is C90H56F8N2O2. The number of anilines is 6. The summed E-state index contributed by atoms with van der Waals surface area (Å²) < 4.78 is 143. The standard InChI is InChI=1S/C90H56F8N2O2/c1-3-55-19-37-71(38-20-55)101-73-41-27-59(28-42-73)89(61-47-63(91)51-64(92)48-61)79-13-7-5-11-75(79)77-45-35-69(53-81(77)89)99(87-83(95)15-9-16-84(87)96)67-31-23-57(24-32-67)58-25-33-68(34-26-58)100(88-85(97)17-10-18-86(88)98)70-36-46-78-76-12-6-8-14-80(76)90(82(78)54-70,62-49-65(93)52-66(94)50-62)60-29-43-74(44-30-60)102-72-39-21-56(4-2)22-40-72/h3-54H,1-2H2. The van der Waals surface area contributed by atoms with Crippen LogP contribution in [0.1, 0.15) is 55.6 Å². The summed E-state index contributed by atoms with van der Waals surface area (Å²) in [5.74, 6) is -4.51. The normalized spacial score (nSPS) is 14.6. The quantitative estimate of drug-likeness (QED) is 0.0849. The topological polar surface area (TPSA) is 24.9 Å². The molecule has 494 valence electrons. The molecular weight excluding hydrogens is 1290 g/mol. The second kappa shape index (κ2) is 25.8. The van der Waals surface area contributed by atoms with E-state index in [2.05, 4.69) is 13.2 Å². The monoisotopic (exact) mass is 1350 g/mol. The maximum atomic E-state index is 16.7. The van der Waals surface area contributed by atoms with E-state index in [4.69, 9.17) is 9.47 Å². The second-order valence-corrected chi connectivity index (χ2v) is 25.1. The van der Waals surface area contributed by atoms with Gasteiger partial charge in [-0.05, 0) is 235 Å². The lowest BCUT2D eigenvalue weighted by Gasteiger charge is -2.35. The van der Waals surface area contributed by atoms with Crippen LogP contribution < -0.4 is 19.3 Å². The van der Waals surface area contributed by atoms with Crippen molar-refractivity contribution in [1.82, 2.24) is 0 Å². The largest absolute Gasteiger partial charge is 0.457 e. The van der Waals surface area contributed by atoms with Crippen LogP contribution in [0.25, 0.3) is 45.5 Å². The van der Waals surface area contributed by atoms with Crippen LogP contribution in [0.5, 0.6) is 23.0 Å². The fourth-order valence-corrected chi connectivity index (χ4v) is 14.9. The first kappa shape index (κ1) is 63.9. The Morgan fingerprint density at radius 1 is 0.265 bits per heavy atom. The van der Waals surface area contributed by atoms with Gasteiger partial charge in [-0.1, -0.05) is 171 Å². The lowest BCUT2D eigenvalue weighted by molar-refractivity contribution is 0.482. The van der Waals surface area contributed by atoms with Crippen LogP contribution >= 0.6 is 0 Å². The van der Waals surface area contributed by atoms with Gasteiger partial charge >= 0.3 is 0 Å². The number of rotatable bonds is 17. The lowest BCUT2D eigenvalue weighted by Crippen LogP contribution is -2.29. The molecule has 2 atom stereocenters. The molecule has 0 bridgehead atoms. The molecule has 0 aliphatic heterocycles. The van der Waals surface area contributed by atoms with E-state index in [0.29, 0.717) is 90.3 Å². The van der Waals surface area contributed by atoms with E-state index in [-0.39, 0.29) is 22.5 Å². The van der Waals surface area contributed by atoms with Crippen molar-refractivity contribution < 1.29 is 44.6 Å². The third kappa shape index (κ3) is 11.0. The molecule has 14 aromatic rings. The highest BCUT2D eigenvalue weighted by Gasteiger charge is 2.49. The molecule has 12 heteroatoms. The molecule has 0 spiro atoms. The van der Waals surface area contributed by atoms with E-state index in [9.17, 15) is 0 Å². The molecule has 102 heavy (non-hydrogen) atoms. The van der Waals surface area contributed by atoms with Crippen LogP contribution in [0.3, 0.4) is 0 Å². The fraction of sp³-hybridized carbons (Fsp3) is 0.0222. The first-order valence-electron chi connectivity index (χ1n) is 32.8. The van der Waals surface area contributed by atoms with Crippen molar-refractivity contribution in [2.24, 2.45) is 0 Å². The molecule has 0 heterocycles. The maximum Gasteiger partial charge on any atom is 0.150 e. The molecule has 0 N–H and O–H groups in total. The Bertz CT molecular complexity index is 5180. The van der Waals surface area contributed by atoms with E-state index in [1.54, 1.807) is 97.1 Å². The Balaban J connectivity index is 0.788. The van der Waals surface area contributed by atoms with Crippen molar-refractivity contribution in [2.45, 2.75) is 10.8 Å². The Kier molecular flexibility index (Phi) is 16.2. The van der Waals surface area contributed by atoms with Crippen LogP contribution in [-0.4, -0.2) is 0 Å². The predicted molar refractivity (Wildman–Crippen MR) is 389 cm³/mol. The van der Waals surface area contributed by atoms with Gasteiger partial charge in [0.2, 0.25) is 0 Å². The molecule has 0 amide bonds. The van der Waals surface area contributed by atoms with Crippen molar-refractivity contribution in [2.75, 3.05) is 9.80 Å². The molecule has 4 nitrogen and oxygen atoms in total. The van der Waals surface area contributed by atoms with Crippen LogP contribution in [0.2, 0.25) is 0 Å². The third-order valence-corrected chi connectivity index (χ3v) is 19.3. The number of fused-ring (bicyclic) bond motifs is 6. The van der Waals surface area contributed by atoms with Crippen LogP contribution in [0.4, 0.5) is 69.2 Å². The fourth-order valence-electron chi connectivity index (χ4n) is 14.9. The van der Waals surface area contributed by atoms with Gasteiger partial charge in [0.15, 0.2) is 0 Å². The van der Waals surface area contributed by atoms with E-state index < -0.39 is 57.4 Å². The molecule has 2 unspecified atom stereocenters. The van der Waals surface area contributed by atoms with Gasteiger partial charge < -0.3 is 19.3 Å². The minimum Gasteiger partial charge on any atom is -0.457 e. The van der Waals surface area contributed by atoms with Crippen molar-refractivity contribution in [3.8, 4) is 56.4 Å². The van der Waals surface area contributed by atoms with Gasteiger partial charge in [-0.2, -0.15) is 0 Å². The van der Waals surface area contributed by atoms with Crippen LogP contribution in [0.15, 0.2) is 316 Å². The molecule has 14 aromatic carbocycles. The summed E-state index contributed by atoms with van der Waals surface area (Å²) in [6.07, 6.45) is 3.46. The lowest BCUT2D eigenvalue weighted by atomic mass is 9.67. The number of hydrogen-bond acceptors (Lipinski definition) is 4. The highest BCUT2D eigenvalue weighted by molar-refractivity contribution is 5.92. The minimum absolute atomic E-state index is 0.272. The van der Waals surface area contributed by atoms with Crippen molar-refractivity contribution in [3.05, 3.63) is 419 Å². The van der Waals surface area contributed by atoms with Gasteiger partial charge in [0.1, 0.15) is 80.9 Å². The number of nitrogens with zero attached hydrogens (tertiary/aromatic N) is 2. The van der Waals surface area contributed by atoms with Gasteiger partial charge in [-0.25, -0.2) is 35.1 Å². The van der Waals surface area contributed by atoms with Crippen LogP contribution in [0, 0.1) is 46.5 Å². The van der Waals surface area contributed by atoms with Crippen molar-refractivity contribution in [1.29, 1.82) is 0 Å². The van der Waals surface area contributed by atoms with E-state index in [1.165, 1.54) is 70.5 Å². The minimum atomic E-state index is -1.40. The third-order valence-electron chi connectivity index (χ3n) is 19.3. The summed E-state index contributed by atoms with van der Waals surface area (Å²) in [4.78, 5) is 2.94. The van der Waals surface area contributed by atoms with Gasteiger partial charge in [0, 0.05) is 34.9 Å². The van der Waals surface area contributed by atoms with Gasteiger partial charge in [0.25, 0.3) is 0 Å². The first-order valence-corrected chi connectivity index (χ1v) is 32.8. The average molecular weight is 1350 g/mol. The van der Waals surface area contributed by atoms with E-state index in [1.807, 2.05) is 146 Å². The maximum absolute atomic E-state index is 16.7. The van der Waals surface area contributed by atoms with Gasteiger partial charge in [-0.15, -0.1) is 0 Å². The molecule has 0 saturated heterocycles. The number of ether oxygens (including phenoxy) is 2. The molecule has 0 saturated carbocycles. The summed E-state index contributed by atoms with van der Waals surface area (Å²) in [7, 11) is 0. The Morgan fingerprint density at radius 3 is 0.902 bits per heavy atom. The Labute approximate surface area is 583 Å². The zero-order valence-corrected chi connectivity index (χ0v) is 54.2. The summed E-state index contributed by atoms with van der Waals surface area (Å²) in [5.41, 5.74) is 8.28. The SMILES string of the molecule is C=Cc1ccc(Oc2ccc(C3(c4cc(F)cc(F)c4)c4ccccc4-c4ccc(N(c5ccc(-c6ccc(N(c7ccc8c(c7)C(c7ccc(Oc9ccc(C=C)cc9)cc7)(c7cc(F)cc(F)c7)c7ccccc7-8)c7c(F)cccc7F)cc6)cc5)c5c(F)cccc5F)cc43)cc2)cc1. The van der Waals surface area contributed by atoms with E-state index >= 15 is 35.1 Å². The highest BCUT2D eigenvalue weighted by Crippen LogP contribution is 2.60. The summed E-state index contributed by atoms with van der Waals surface area (Å²) >= 11 is 0. The van der Waals surface area contributed by atoms with Gasteiger partial charge in [-0.3, -0.25) is 0 Å². The Morgan fingerprint density at radius 2 is 0.569 bits per heavy atom. The van der Waals surface area contributed by atoms with Crippen LogP contribution in [-0.2, 0) is 10.8 Å². The molecule has 16 rings (SSSR count). The number of halogens is 8. The smallest absolute Gasteiger partial charge is 0.150 e. The van der Waals surface area contributed by atoms with Crippen molar-refractivity contribution in [3.63, 3.8) is 0 Å². The summed E-state index contributed by atoms with van der Waals surface area (Å²) in [6, 6.07) is 83.6. The van der Waals surface area contributed by atoms with E-state index in [0.717, 1.165) is 45.5 Å². The number of hydrogen-bond donors (Lipinski definition) is 0. The number of benzene rings is 14. The zero-order chi connectivity index (χ0) is 70.0. The highest BCUT2D eigenvalue weighted by atomic mass is 19.2. The molecule has 0 radical (unpaired) electrons. The zero-order valence-electron chi connectivity index (χ0n) is 54.2.